The summed E-state index contributed by atoms with van der Waals surface area (Å²) in [6.07, 6.45) is -0.609. The zero-order chi connectivity index (χ0) is 15.7. The van der Waals surface area contributed by atoms with Crippen LogP contribution < -0.4 is 15.5 Å². The van der Waals surface area contributed by atoms with Crippen molar-refractivity contribution in [3.05, 3.63) is 18.2 Å². The summed E-state index contributed by atoms with van der Waals surface area (Å²) in [4.78, 5) is 27.3. The lowest BCUT2D eigenvalue weighted by molar-refractivity contribution is -0.117. The molecule has 0 fully saturated rings. The summed E-state index contributed by atoms with van der Waals surface area (Å²) in [6, 6.07) is 5.02. The minimum absolute atomic E-state index is 0.0776. The van der Waals surface area contributed by atoms with Gasteiger partial charge in [0.15, 0.2) is 0 Å². The van der Waals surface area contributed by atoms with Gasteiger partial charge in [-0.25, -0.2) is 4.79 Å². The first-order valence-electron chi connectivity index (χ1n) is 6.98. The molecule has 0 bridgehead atoms. The van der Waals surface area contributed by atoms with E-state index in [4.69, 9.17) is 10.5 Å². The molecular formula is C15H21N3O3. The van der Waals surface area contributed by atoms with Gasteiger partial charge >= 0.3 is 6.09 Å². The highest BCUT2D eigenvalue weighted by Crippen LogP contribution is 2.37. The van der Waals surface area contributed by atoms with Crippen molar-refractivity contribution >= 4 is 29.1 Å². The Morgan fingerprint density at radius 1 is 1.33 bits per heavy atom. The minimum Gasteiger partial charge on any atom is -0.446 e. The average Bonchev–Trinajstić information content (AvgIpc) is 2.35. The smallest absolute Gasteiger partial charge is 0.414 e. The van der Waals surface area contributed by atoms with Gasteiger partial charge in [0.2, 0.25) is 5.91 Å². The normalized spacial score (nSPS) is 17.7. The summed E-state index contributed by atoms with van der Waals surface area (Å²) in [7, 11) is 0. The maximum absolute atomic E-state index is 12.2. The molecule has 0 aromatic heterocycles. The molecular weight excluding hydrogens is 270 g/mol. The second-order valence-electron chi connectivity index (χ2n) is 5.53. The van der Waals surface area contributed by atoms with E-state index in [1.165, 1.54) is 6.92 Å². The summed E-state index contributed by atoms with van der Waals surface area (Å²) < 4.78 is 5.27. The first kappa shape index (κ1) is 15.2. The van der Waals surface area contributed by atoms with Crippen LogP contribution in [0.5, 0.6) is 0 Å². The molecule has 114 valence electrons. The van der Waals surface area contributed by atoms with Gasteiger partial charge in [0.1, 0.15) is 0 Å². The summed E-state index contributed by atoms with van der Waals surface area (Å²) >= 11 is 0. The summed E-state index contributed by atoms with van der Waals surface area (Å²) in [5.74, 6) is -0.0776. The molecule has 0 unspecified atom stereocenters. The third-order valence-electron chi connectivity index (χ3n) is 3.33. The van der Waals surface area contributed by atoms with Crippen LogP contribution in [0.4, 0.5) is 21.9 Å². The van der Waals surface area contributed by atoms with Crippen LogP contribution in [0.1, 0.15) is 27.7 Å². The first-order valence-corrected chi connectivity index (χ1v) is 6.98. The van der Waals surface area contributed by atoms with Gasteiger partial charge in [-0.1, -0.05) is 0 Å². The molecule has 1 heterocycles. The zero-order valence-corrected chi connectivity index (χ0v) is 12.8. The molecule has 1 aromatic rings. The molecule has 21 heavy (non-hydrogen) atoms. The van der Waals surface area contributed by atoms with E-state index < -0.39 is 6.09 Å². The highest BCUT2D eigenvalue weighted by atomic mass is 16.6. The van der Waals surface area contributed by atoms with E-state index in [1.54, 1.807) is 41.8 Å². The fourth-order valence-corrected chi connectivity index (χ4v) is 2.56. The third kappa shape index (κ3) is 2.94. The van der Waals surface area contributed by atoms with Crippen LogP contribution in [0.3, 0.4) is 0 Å². The molecule has 0 aliphatic carbocycles. The molecule has 1 aliphatic heterocycles. The van der Waals surface area contributed by atoms with Crippen LogP contribution in [0, 0.1) is 0 Å². The molecule has 2 amide bonds. The van der Waals surface area contributed by atoms with Crippen molar-refractivity contribution in [2.24, 2.45) is 0 Å². The maximum Gasteiger partial charge on any atom is 0.414 e. The van der Waals surface area contributed by atoms with Crippen molar-refractivity contribution in [2.75, 3.05) is 22.1 Å². The number of nitrogens with two attached hydrogens (primary N) is 1. The van der Waals surface area contributed by atoms with Gasteiger partial charge in [-0.15, -0.1) is 0 Å². The summed E-state index contributed by atoms with van der Waals surface area (Å²) in [5, 5.41) is 0. The van der Waals surface area contributed by atoms with Gasteiger partial charge in [-0.05, 0) is 39.0 Å². The van der Waals surface area contributed by atoms with Gasteiger partial charge in [0, 0.05) is 19.2 Å². The second kappa shape index (κ2) is 5.63. The molecule has 2 N–H and O–H groups in total. The minimum atomic E-state index is -0.411. The van der Waals surface area contributed by atoms with E-state index in [0.717, 1.165) is 0 Å². The maximum atomic E-state index is 12.2. The van der Waals surface area contributed by atoms with Crippen LogP contribution in [0.25, 0.3) is 0 Å². The lowest BCUT2D eigenvalue weighted by atomic mass is 10.1. The number of ether oxygens (including phenoxy) is 1. The first-order chi connectivity index (χ1) is 9.81. The Bertz CT molecular complexity index is 571. The number of rotatable bonds is 1. The molecule has 1 aliphatic rings. The molecule has 0 saturated heterocycles. The van der Waals surface area contributed by atoms with Crippen molar-refractivity contribution in [1.29, 1.82) is 0 Å². The molecule has 0 radical (unpaired) electrons. The molecule has 0 spiro atoms. The lowest BCUT2D eigenvalue weighted by Gasteiger charge is -2.40. The van der Waals surface area contributed by atoms with Crippen molar-refractivity contribution in [2.45, 2.75) is 39.8 Å². The van der Waals surface area contributed by atoms with Crippen molar-refractivity contribution in [3.8, 4) is 0 Å². The zero-order valence-electron chi connectivity index (χ0n) is 12.8. The molecule has 1 atom stereocenters. The van der Waals surface area contributed by atoms with E-state index in [1.807, 2.05) is 6.92 Å². The second-order valence-corrected chi connectivity index (χ2v) is 5.53. The Hall–Kier alpha value is -2.24. The van der Waals surface area contributed by atoms with Crippen molar-refractivity contribution < 1.29 is 14.3 Å². The third-order valence-corrected chi connectivity index (χ3v) is 3.33. The van der Waals surface area contributed by atoms with E-state index in [0.29, 0.717) is 23.6 Å². The van der Waals surface area contributed by atoms with Crippen LogP contribution in [0.15, 0.2) is 18.2 Å². The highest BCUT2D eigenvalue weighted by Gasteiger charge is 2.34. The number of anilines is 3. The van der Waals surface area contributed by atoms with Gasteiger partial charge in [0.25, 0.3) is 0 Å². The summed E-state index contributed by atoms with van der Waals surface area (Å²) in [6.45, 7) is 7.39. The predicted molar refractivity (Wildman–Crippen MR) is 82.4 cm³/mol. The topological polar surface area (TPSA) is 75.9 Å². The molecule has 2 rings (SSSR count). The average molecular weight is 291 g/mol. The van der Waals surface area contributed by atoms with Gasteiger partial charge in [0.05, 0.1) is 23.5 Å². The van der Waals surface area contributed by atoms with Gasteiger partial charge < -0.3 is 15.4 Å². The fraction of sp³-hybridized carbons (Fsp3) is 0.467. The Balaban J connectivity index is 2.46. The number of amides is 2. The summed E-state index contributed by atoms with van der Waals surface area (Å²) in [5.41, 5.74) is 7.65. The van der Waals surface area contributed by atoms with E-state index in [2.05, 4.69) is 0 Å². The van der Waals surface area contributed by atoms with Gasteiger partial charge in [-0.2, -0.15) is 0 Å². The lowest BCUT2D eigenvalue weighted by Crippen LogP contribution is -2.51. The molecule has 6 nitrogen and oxygen atoms in total. The number of hydrogen-bond donors (Lipinski definition) is 1. The predicted octanol–water partition coefficient (Wildman–Crippen LogP) is 2.38. The number of nitrogen functional groups attached to an aromatic ring is 1. The number of carbonyl (C=O) groups excluding carboxylic acids is 2. The van der Waals surface area contributed by atoms with E-state index in [-0.39, 0.29) is 18.1 Å². The highest BCUT2D eigenvalue weighted by molar-refractivity contribution is 6.02. The quantitative estimate of drug-likeness (QED) is 0.806. The van der Waals surface area contributed by atoms with Crippen molar-refractivity contribution in [1.82, 2.24) is 0 Å². The van der Waals surface area contributed by atoms with Crippen LogP contribution in [0.2, 0.25) is 0 Å². The van der Waals surface area contributed by atoms with E-state index >= 15 is 0 Å². The Morgan fingerprint density at radius 3 is 2.57 bits per heavy atom. The monoisotopic (exact) mass is 291 g/mol. The number of benzene rings is 1. The largest absolute Gasteiger partial charge is 0.446 e. The van der Waals surface area contributed by atoms with Crippen LogP contribution >= 0.6 is 0 Å². The Labute approximate surface area is 124 Å². The molecule has 6 heteroatoms. The SMILES string of the molecule is CC(=O)N1c2cc(N)ccc2N(C(=O)OC(C)C)C[C@@H]1C. The molecule has 1 aromatic carbocycles. The Morgan fingerprint density at radius 2 is 2.00 bits per heavy atom. The number of nitrogens with zero attached hydrogens (tertiary/aromatic N) is 2. The van der Waals surface area contributed by atoms with E-state index in [9.17, 15) is 9.59 Å². The van der Waals surface area contributed by atoms with Crippen LogP contribution in [-0.2, 0) is 9.53 Å². The number of carbonyl (C=O) groups is 2. The van der Waals surface area contributed by atoms with Crippen molar-refractivity contribution in [3.63, 3.8) is 0 Å². The number of fused-ring (bicyclic) bond motifs is 1. The van der Waals surface area contributed by atoms with Gasteiger partial charge in [-0.3, -0.25) is 9.69 Å². The Kier molecular flexibility index (Phi) is 4.06. The van der Waals surface area contributed by atoms with Crippen LogP contribution in [-0.4, -0.2) is 30.7 Å². The standard InChI is InChI=1S/C15H21N3O3/c1-9(2)21-15(20)17-8-10(3)18(11(4)19)14-7-12(16)5-6-13(14)17/h5-7,9-10H,8,16H2,1-4H3/t10-/m0/s1. The number of hydrogen-bond acceptors (Lipinski definition) is 4. The molecule has 0 saturated carbocycles. The fourth-order valence-electron chi connectivity index (χ4n) is 2.56.